The highest BCUT2D eigenvalue weighted by Crippen LogP contribution is 2.28. The van der Waals surface area contributed by atoms with Crippen molar-refractivity contribution in [1.29, 1.82) is 0 Å². The number of nitrogens with two attached hydrogens (primary N) is 1. The summed E-state index contributed by atoms with van der Waals surface area (Å²) < 4.78 is 40.3. The van der Waals surface area contributed by atoms with Gasteiger partial charge in [-0.15, -0.1) is 0 Å². The van der Waals surface area contributed by atoms with Gasteiger partial charge >= 0.3 is 0 Å². The zero-order valence-corrected chi connectivity index (χ0v) is 14.0. The van der Waals surface area contributed by atoms with Gasteiger partial charge in [0.05, 0.1) is 25.8 Å². The summed E-state index contributed by atoms with van der Waals surface area (Å²) in [5, 5.41) is 0.318. The number of benzene rings is 2. The maximum atomic E-state index is 13.1. The molecule has 2 aromatic carbocycles. The number of aryl methyl sites for hydroxylation is 1. The molecule has 21 heavy (non-hydrogen) atoms. The minimum absolute atomic E-state index is 0.0117. The SMILES string of the molecule is Cc1cc(S(=O)(=O)Nc2ccc(F)c(Br)c2)cc(N)c1Cl. The van der Waals surface area contributed by atoms with Crippen molar-refractivity contribution in [3.05, 3.63) is 51.2 Å². The average molecular weight is 394 g/mol. The van der Waals surface area contributed by atoms with E-state index in [1.165, 1.54) is 24.3 Å². The van der Waals surface area contributed by atoms with Crippen LogP contribution in [0.15, 0.2) is 39.7 Å². The zero-order valence-electron chi connectivity index (χ0n) is 10.8. The predicted octanol–water partition coefficient (Wildman–Crippen LogP) is 3.93. The Kier molecular flexibility index (Phi) is 4.46. The van der Waals surface area contributed by atoms with Gasteiger partial charge in [0.25, 0.3) is 10.0 Å². The first-order valence-corrected chi connectivity index (χ1v) is 8.39. The maximum absolute atomic E-state index is 13.1. The van der Waals surface area contributed by atoms with Crippen LogP contribution < -0.4 is 10.5 Å². The second-order valence-corrected chi connectivity index (χ2v) is 7.29. The monoisotopic (exact) mass is 392 g/mol. The number of nitrogen functional groups attached to an aromatic ring is 1. The number of sulfonamides is 1. The number of halogens is 3. The first-order valence-electron chi connectivity index (χ1n) is 5.74. The van der Waals surface area contributed by atoms with Crippen LogP contribution in [0.5, 0.6) is 0 Å². The van der Waals surface area contributed by atoms with E-state index >= 15 is 0 Å². The Balaban J connectivity index is 2.40. The zero-order chi connectivity index (χ0) is 15.8. The Morgan fingerprint density at radius 3 is 2.52 bits per heavy atom. The van der Waals surface area contributed by atoms with Gasteiger partial charge < -0.3 is 5.73 Å². The summed E-state index contributed by atoms with van der Waals surface area (Å²) >= 11 is 8.91. The molecule has 0 aliphatic carbocycles. The van der Waals surface area contributed by atoms with Crippen LogP contribution in [0.3, 0.4) is 0 Å². The Morgan fingerprint density at radius 1 is 1.29 bits per heavy atom. The smallest absolute Gasteiger partial charge is 0.261 e. The molecule has 4 nitrogen and oxygen atoms in total. The third kappa shape index (κ3) is 3.48. The molecule has 2 aromatic rings. The first-order chi connectivity index (χ1) is 9.70. The molecule has 0 spiro atoms. The summed E-state index contributed by atoms with van der Waals surface area (Å²) in [6.07, 6.45) is 0. The molecule has 0 saturated carbocycles. The molecule has 0 radical (unpaired) electrons. The lowest BCUT2D eigenvalue weighted by molar-refractivity contribution is 0.601. The fourth-order valence-electron chi connectivity index (χ4n) is 1.69. The van der Waals surface area contributed by atoms with Gasteiger partial charge in [-0.2, -0.15) is 0 Å². The Morgan fingerprint density at radius 2 is 1.95 bits per heavy atom. The van der Waals surface area contributed by atoms with E-state index in [0.29, 0.717) is 10.6 Å². The van der Waals surface area contributed by atoms with Crippen molar-refractivity contribution in [2.24, 2.45) is 0 Å². The normalized spacial score (nSPS) is 11.4. The molecule has 0 saturated heterocycles. The van der Waals surface area contributed by atoms with Crippen molar-refractivity contribution in [2.45, 2.75) is 11.8 Å². The average Bonchev–Trinajstić information content (AvgIpc) is 2.39. The van der Waals surface area contributed by atoms with Gasteiger partial charge in [-0.25, -0.2) is 12.8 Å². The van der Waals surface area contributed by atoms with Crippen LogP contribution in [0.2, 0.25) is 5.02 Å². The van der Waals surface area contributed by atoms with Crippen LogP contribution >= 0.6 is 27.5 Å². The molecule has 0 bridgehead atoms. The summed E-state index contributed by atoms with van der Waals surface area (Å²) in [7, 11) is -3.84. The summed E-state index contributed by atoms with van der Waals surface area (Å²) in [5.41, 5.74) is 6.64. The molecule has 112 valence electrons. The third-order valence-corrected chi connectivity index (χ3v) is 5.22. The van der Waals surface area contributed by atoms with Crippen molar-refractivity contribution >= 4 is 48.9 Å². The highest BCUT2D eigenvalue weighted by molar-refractivity contribution is 9.10. The minimum Gasteiger partial charge on any atom is -0.397 e. The van der Waals surface area contributed by atoms with E-state index in [9.17, 15) is 12.8 Å². The molecule has 8 heteroatoms. The minimum atomic E-state index is -3.84. The number of rotatable bonds is 3. The number of anilines is 2. The van der Waals surface area contributed by atoms with E-state index in [4.69, 9.17) is 17.3 Å². The van der Waals surface area contributed by atoms with Crippen molar-refractivity contribution in [1.82, 2.24) is 0 Å². The van der Waals surface area contributed by atoms with E-state index in [0.717, 1.165) is 6.07 Å². The van der Waals surface area contributed by atoms with E-state index in [2.05, 4.69) is 20.7 Å². The van der Waals surface area contributed by atoms with E-state index in [1.54, 1.807) is 6.92 Å². The van der Waals surface area contributed by atoms with Crippen LogP contribution in [0.4, 0.5) is 15.8 Å². The highest BCUT2D eigenvalue weighted by Gasteiger charge is 2.17. The van der Waals surface area contributed by atoms with Crippen LogP contribution in [0.25, 0.3) is 0 Å². The van der Waals surface area contributed by atoms with E-state index in [-0.39, 0.29) is 20.7 Å². The molecule has 2 rings (SSSR count). The summed E-state index contributed by atoms with van der Waals surface area (Å²) in [6.45, 7) is 1.66. The van der Waals surface area contributed by atoms with Crippen LogP contribution in [-0.4, -0.2) is 8.42 Å². The summed E-state index contributed by atoms with van der Waals surface area (Å²) in [5.74, 6) is -0.482. The van der Waals surface area contributed by atoms with Gasteiger partial charge in [0, 0.05) is 0 Å². The number of nitrogens with one attached hydrogen (secondary N) is 1. The van der Waals surface area contributed by atoms with Gasteiger partial charge in [0.2, 0.25) is 0 Å². The molecule has 0 aliphatic rings. The molecule has 0 unspecified atom stereocenters. The number of hydrogen-bond acceptors (Lipinski definition) is 3. The van der Waals surface area contributed by atoms with Gasteiger partial charge in [-0.05, 0) is 58.7 Å². The molecule has 0 aromatic heterocycles. The summed E-state index contributed by atoms with van der Waals surface area (Å²) in [4.78, 5) is -0.0117. The van der Waals surface area contributed by atoms with Gasteiger partial charge in [-0.1, -0.05) is 11.6 Å². The molecule has 3 N–H and O–H groups in total. The second kappa shape index (κ2) is 5.82. The second-order valence-electron chi connectivity index (χ2n) is 4.38. The highest BCUT2D eigenvalue weighted by atomic mass is 79.9. The van der Waals surface area contributed by atoms with Crippen LogP contribution in [0.1, 0.15) is 5.56 Å². The van der Waals surface area contributed by atoms with Gasteiger partial charge in [0.1, 0.15) is 5.82 Å². The van der Waals surface area contributed by atoms with Gasteiger partial charge in [0.15, 0.2) is 0 Å². The molecule has 0 amide bonds. The van der Waals surface area contributed by atoms with Crippen LogP contribution in [-0.2, 0) is 10.0 Å². The lowest BCUT2D eigenvalue weighted by Crippen LogP contribution is -2.13. The Labute approximate surface area is 135 Å². The number of hydrogen-bond donors (Lipinski definition) is 2. The fraction of sp³-hybridized carbons (Fsp3) is 0.0769. The van der Waals surface area contributed by atoms with E-state index < -0.39 is 15.8 Å². The lowest BCUT2D eigenvalue weighted by atomic mass is 10.2. The topological polar surface area (TPSA) is 72.2 Å². The van der Waals surface area contributed by atoms with Crippen LogP contribution in [0, 0.1) is 12.7 Å². The largest absolute Gasteiger partial charge is 0.397 e. The Hall–Kier alpha value is -1.31. The summed E-state index contributed by atoms with van der Waals surface area (Å²) in [6, 6.07) is 6.50. The first kappa shape index (κ1) is 16.1. The van der Waals surface area contributed by atoms with Gasteiger partial charge in [-0.3, -0.25) is 4.72 Å². The van der Waals surface area contributed by atoms with Crippen molar-refractivity contribution in [2.75, 3.05) is 10.5 Å². The molecule has 0 aliphatic heterocycles. The fourth-order valence-corrected chi connectivity index (χ4v) is 3.35. The van der Waals surface area contributed by atoms with Crippen molar-refractivity contribution in [3.8, 4) is 0 Å². The quantitative estimate of drug-likeness (QED) is 0.776. The molecular weight excluding hydrogens is 383 g/mol. The Bertz CT molecular complexity index is 789. The maximum Gasteiger partial charge on any atom is 0.261 e. The van der Waals surface area contributed by atoms with E-state index in [1.807, 2.05) is 0 Å². The van der Waals surface area contributed by atoms with Crippen molar-refractivity contribution < 1.29 is 12.8 Å². The predicted molar refractivity (Wildman–Crippen MR) is 85.5 cm³/mol. The lowest BCUT2D eigenvalue weighted by Gasteiger charge is -2.11. The molecular formula is C13H11BrClFN2O2S. The molecule has 0 heterocycles. The van der Waals surface area contributed by atoms with Crippen molar-refractivity contribution in [3.63, 3.8) is 0 Å². The molecule has 0 atom stereocenters. The third-order valence-electron chi connectivity index (χ3n) is 2.74. The standard InChI is InChI=1S/C13H11BrClFN2O2S/c1-7-4-9(6-12(17)13(7)15)21(19,20)18-8-2-3-11(16)10(14)5-8/h2-6,18H,17H2,1H3. The molecule has 0 fully saturated rings.